The van der Waals surface area contributed by atoms with Crippen molar-refractivity contribution in [1.82, 2.24) is 0 Å². The fourth-order valence-electron chi connectivity index (χ4n) is 5.84. The molecule has 0 saturated carbocycles. The second-order valence-electron chi connectivity index (χ2n) is 15.9. The van der Waals surface area contributed by atoms with Crippen LogP contribution in [0.3, 0.4) is 0 Å². The summed E-state index contributed by atoms with van der Waals surface area (Å²) < 4.78 is 34.7. The molecule has 0 aromatic heterocycles. The number of hydrogen-bond acceptors (Lipinski definition) is 6. The van der Waals surface area contributed by atoms with Crippen molar-refractivity contribution in [3.8, 4) is 0 Å². The minimum Gasteiger partial charge on any atom is -0.454 e. The molecular formula is C46H85NO7P+. The van der Waals surface area contributed by atoms with Crippen LogP contribution in [0.4, 0.5) is 0 Å². The van der Waals surface area contributed by atoms with Crippen LogP contribution in [0.15, 0.2) is 60.8 Å². The van der Waals surface area contributed by atoms with Crippen molar-refractivity contribution in [2.75, 3.05) is 54.1 Å². The lowest BCUT2D eigenvalue weighted by atomic mass is 10.0. The number of phosphoric ester groups is 1. The van der Waals surface area contributed by atoms with Gasteiger partial charge in [-0.25, -0.2) is 9.36 Å². The SMILES string of the molecule is CCCCCCCCCCCC=CC=CC=CC=CC=CC(=O)O[C@H](COCCCCCCCCCCCCCCCC)COP(=O)(O)OCC[N+](C)(C)C. The van der Waals surface area contributed by atoms with Gasteiger partial charge in [0.2, 0.25) is 0 Å². The smallest absolute Gasteiger partial charge is 0.454 e. The standard InChI is InChI=1S/C46H84NO7P/c1-6-8-10-12-14-16-18-20-22-23-24-25-26-27-29-31-33-35-37-39-46(48)54-45(44-53-55(49,50)52-42-40-47(3,4)5)43-51-41-38-36-34-32-30-28-21-19-17-15-13-11-9-7-2/h24-27,29,31,33,35,37,39,45H,6-23,28,30,32,34,36,38,40-44H2,1-5H3/p+1/t45-/m1/s1. The first-order chi connectivity index (χ1) is 26.6. The summed E-state index contributed by atoms with van der Waals surface area (Å²) in [6, 6.07) is 0. The number of unbranched alkanes of at least 4 members (excludes halogenated alkanes) is 22. The Hall–Kier alpha value is -1.80. The van der Waals surface area contributed by atoms with Crippen molar-refractivity contribution >= 4 is 13.8 Å². The van der Waals surface area contributed by atoms with Crippen LogP contribution in [0.2, 0.25) is 0 Å². The highest BCUT2D eigenvalue weighted by Crippen LogP contribution is 2.43. The van der Waals surface area contributed by atoms with Gasteiger partial charge in [0, 0.05) is 12.7 Å². The Bertz CT molecular complexity index is 1060. The maximum Gasteiger partial charge on any atom is 0.472 e. The summed E-state index contributed by atoms with van der Waals surface area (Å²) >= 11 is 0. The molecule has 0 bridgehead atoms. The summed E-state index contributed by atoms with van der Waals surface area (Å²) in [7, 11) is 1.58. The molecule has 0 amide bonds. The van der Waals surface area contributed by atoms with Gasteiger partial charge in [-0.2, -0.15) is 0 Å². The zero-order valence-corrected chi connectivity index (χ0v) is 37.0. The number of allylic oxidation sites excluding steroid dienone is 9. The highest BCUT2D eigenvalue weighted by atomic mass is 31.2. The average molecular weight is 795 g/mol. The Morgan fingerprint density at radius 1 is 0.564 bits per heavy atom. The van der Waals surface area contributed by atoms with Gasteiger partial charge in [0.05, 0.1) is 34.4 Å². The largest absolute Gasteiger partial charge is 0.472 e. The summed E-state index contributed by atoms with van der Waals surface area (Å²) in [6.45, 7) is 5.40. The van der Waals surface area contributed by atoms with Gasteiger partial charge in [0.15, 0.2) is 0 Å². The Kier molecular flexibility index (Phi) is 37.8. The molecule has 0 saturated heterocycles. The lowest BCUT2D eigenvalue weighted by Crippen LogP contribution is -2.37. The van der Waals surface area contributed by atoms with Crippen molar-refractivity contribution in [2.24, 2.45) is 0 Å². The van der Waals surface area contributed by atoms with E-state index in [0.717, 1.165) is 19.3 Å². The molecule has 0 spiro atoms. The van der Waals surface area contributed by atoms with E-state index in [1.54, 1.807) is 12.2 Å². The fourth-order valence-corrected chi connectivity index (χ4v) is 6.59. The molecule has 55 heavy (non-hydrogen) atoms. The number of nitrogens with zero attached hydrogens (tertiary/aromatic N) is 1. The number of likely N-dealkylation sites (N-methyl/N-ethyl adjacent to an activating group) is 1. The molecule has 2 atom stereocenters. The number of carbonyl (C=O) groups excluding carboxylic acids is 1. The van der Waals surface area contributed by atoms with Crippen molar-refractivity contribution in [1.29, 1.82) is 0 Å². The van der Waals surface area contributed by atoms with Gasteiger partial charge < -0.3 is 18.9 Å². The maximum absolute atomic E-state index is 12.6. The van der Waals surface area contributed by atoms with Crippen molar-refractivity contribution in [3.63, 3.8) is 0 Å². The van der Waals surface area contributed by atoms with Crippen LogP contribution in [0.25, 0.3) is 0 Å². The number of quaternary nitrogens is 1. The molecule has 0 aliphatic heterocycles. The van der Waals surface area contributed by atoms with E-state index in [4.69, 9.17) is 18.5 Å². The Labute approximate surface area is 339 Å². The molecule has 0 aromatic rings. The first kappa shape index (κ1) is 53.2. The number of rotatable bonds is 40. The fraction of sp³-hybridized carbons (Fsp3) is 0.761. The van der Waals surface area contributed by atoms with Gasteiger partial charge in [0.25, 0.3) is 0 Å². The van der Waals surface area contributed by atoms with Crippen LogP contribution in [0.1, 0.15) is 168 Å². The third-order valence-electron chi connectivity index (χ3n) is 9.29. The van der Waals surface area contributed by atoms with E-state index in [-0.39, 0.29) is 19.8 Å². The zero-order chi connectivity index (χ0) is 40.6. The summed E-state index contributed by atoms with van der Waals surface area (Å²) in [5.41, 5.74) is 0. The molecule has 0 fully saturated rings. The van der Waals surface area contributed by atoms with E-state index in [1.165, 1.54) is 141 Å². The molecule has 8 nitrogen and oxygen atoms in total. The summed E-state index contributed by atoms with van der Waals surface area (Å²) in [4.78, 5) is 22.7. The summed E-state index contributed by atoms with van der Waals surface area (Å²) in [5, 5.41) is 0. The molecule has 9 heteroatoms. The number of hydrogen-bond donors (Lipinski definition) is 1. The lowest BCUT2D eigenvalue weighted by Gasteiger charge is -2.24. The van der Waals surface area contributed by atoms with E-state index in [0.29, 0.717) is 17.6 Å². The van der Waals surface area contributed by atoms with E-state index in [2.05, 4.69) is 26.0 Å². The first-order valence-corrected chi connectivity index (χ1v) is 23.6. The minimum absolute atomic E-state index is 0.0623. The molecular weight excluding hydrogens is 709 g/mol. The van der Waals surface area contributed by atoms with E-state index < -0.39 is 19.9 Å². The van der Waals surface area contributed by atoms with Gasteiger partial charge in [0.1, 0.15) is 19.3 Å². The Morgan fingerprint density at radius 2 is 1.00 bits per heavy atom. The molecule has 0 aliphatic rings. The molecule has 0 rings (SSSR count). The highest BCUT2D eigenvalue weighted by Gasteiger charge is 2.26. The average Bonchev–Trinajstić information content (AvgIpc) is 3.13. The van der Waals surface area contributed by atoms with Crippen LogP contribution < -0.4 is 0 Å². The molecule has 0 radical (unpaired) electrons. The molecule has 1 unspecified atom stereocenters. The quantitative estimate of drug-likeness (QED) is 0.0165. The molecule has 0 heterocycles. The number of phosphoric acid groups is 1. The van der Waals surface area contributed by atoms with Crippen LogP contribution in [0, 0.1) is 0 Å². The van der Waals surface area contributed by atoms with Crippen LogP contribution in [0.5, 0.6) is 0 Å². The maximum atomic E-state index is 12.6. The number of carbonyl (C=O) groups is 1. The Balaban J connectivity index is 4.46. The third kappa shape index (κ3) is 43.2. The predicted octanol–water partition coefficient (Wildman–Crippen LogP) is 12.9. The third-order valence-corrected chi connectivity index (χ3v) is 10.3. The normalized spacial score (nSPS) is 14.4. The van der Waals surface area contributed by atoms with E-state index in [1.807, 2.05) is 51.5 Å². The molecule has 0 aliphatic carbocycles. The van der Waals surface area contributed by atoms with Crippen molar-refractivity contribution < 1.29 is 37.3 Å². The van der Waals surface area contributed by atoms with Crippen LogP contribution >= 0.6 is 7.82 Å². The molecule has 0 aromatic carbocycles. The highest BCUT2D eigenvalue weighted by molar-refractivity contribution is 7.47. The monoisotopic (exact) mass is 795 g/mol. The second-order valence-corrected chi connectivity index (χ2v) is 17.4. The summed E-state index contributed by atoms with van der Waals surface area (Å²) in [6.07, 6.45) is 49.0. The van der Waals surface area contributed by atoms with Crippen molar-refractivity contribution in [2.45, 2.75) is 174 Å². The molecule has 1 N–H and O–H groups in total. The Morgan fingerprint density at radius 3 is 1.49 bits per heavy atom. The van der Waals surface area contributed by atoms with Gasteiger partial charge in [-0.3, -0.25) is 9.05 Å². The second kappa shape index (κ2) is 39.0. The van der Waals surface area contributed by atoms with E-state index in [9.17, 15) is 14.3 Å². The van der Waals surface area contributed by atoms with Gasteiger partial charge >= 0.3 is 13.8 Å². The van der Waals surface area contributed by atoms with Crippen LogP contribution in [-0.4, -0.2) is 75.6 Å². The number of esters is 1. The zero-order valence-electron chi connectivity index (χ0n) is 36.1. The minimum atomic E-state index is -4.31. The lowest BCUT2D eigenvalue weighted by molar-refractivity contribution is -0.870. The topological polar surface area (TPSA) is 91.3 Å². The predicted molar refractivity (Wildman–Crippen MR) is 233 cm³/mol. The van der Waals surface area contributed by atoms with Gasteiger partial charge in [-0.1, -0.05) is 203 Å². The van der Waals surface area contributed by atoms with Gasteiger partial charge in [-0.05, 0) is 19.3 Å². The number of ether oxygens (including phenoxy) is 2. The van der Waals surface area contributed by atoms with Gasteiger partial charge in [-0.15, -0.1) is 0 Å². The summed E-state index contributed by atoms with van der Waals surface area (Å²) in [5.74, 6) is -0.585. The van der Waals surface area contributed by atoms with Crippen LogP contribution in [-0.2, 0) is 27.9 Å². The van der Waals surface area contributed by atoms with Crippen molar-refractivity contribution in [3.05, 3.63) is 60.8 Å². The molecule has 320 valence electrons. The van der Waals surface area contributed by atoms with E-state index >= 15 is 0 Å². The first-order valence-electron chi connectivity index (χ1n) is 22.1.